The molecule has 0 fully saturated rings. The number of rotatable bonds is 5. The van der Waals surface area contributed by atoms with Gasteiger partial charge in [-0.15, -0.1) is 0 Å². The first-order valence-electron chi connectivity index (χ1n) is 14.9. The van der Waals surface area contributed by atoms with E-state index in [0.717, 1.165) is 66.6 Å². The van der Waals surface area contributed by atoms with Crippen LogP contribution < -0.4 is 0 Å². The van der Waals surface area contributed by atoms with Crippen molar-refractivity contribution < 1.29 is 0 Å². The number of benzene rings is 6. The summed E-state index contributed by atoms with van der Waals surface area (Å²) in [6.07, 6.45) is 0. The van der Waals surface area contributed by atoms with Gasteiger partial charge < -0.3 is 0 Å². The molecule has 0 radical (unpaired) electrons. The van der Waals surface area contributed by atoms with Crippen LogP contribution in [0.3, 0.4) is 0 Å². The van der Waals surface area contributed by atoms with Crippen LogP contribution in [-0.2, 0) is 0 Å². The lowest BCUT2D eigenvalue weighted by atomic mass is 10.0. The third-order valence-electron chi connectivity index (χ3n) is 8.28. The van der Waals surface area contributed by atoms with Gasteiger partial charge in [0.1, 0.15) is 0 Å². The van der Waals surface area contributed by atoms with Gasteiger partial charge in [-0.05, 0) is 52.6 Å². The van der Waals surface area contributed by atoms with E-state index in [4.69, 9.17) is 9.97 Å². The van der Waals surface area contributed by atoms with Crippen LogP contribution in [0.5, 0.6) is 0 Å². The fraction of sp³-hybridized carbons (Fsp3) is 0. The van der Waals surface area contributed by atoms with Crippen molar-refractivity contribution in [3.63, 3.8) is 0 Å². The molecule has 0 aliphatic rings. The Labute approximate surface area is 261 Å². The molecule has 6 aromatic carbocycles. The van der Waals surface area contributed by atoms with Gasteiger partial charge in [-0.3, -0.25) is 4.57 Å². The molecule has 2 aromatic heterocycles. The Morgan fingerprint density at radius 2 is 0.844 bits per heavy atom. The van der Waals surface area contributed by atoms with E-state index in [9.17, 15) is 5.26 Å². The van der Waals surface area contributed by atoms with E-state index in [0.29, 0.717) is 11.5 Å². The van der Waals surface area contributed by atoms with Crippen LogP contribution in [0.4, 0.5) is 0 Å². The zero-order valence-electron chi connectivity index (χ0n) is 24.3. The van der Waals surface area contributed by atoms with Crippen LogP contribution in [0, 0.1) is 11.3 Å². The van der Waals surface area contributed by atoms with Crippen molar-refractivity contribution in [1.29, 1.82) is 5.26 Å². The highest BCUT2D eigenvalue weighted by Gasteiger charge is 2.18. The van der Waals surface area contributed by atoms with Crippen molar-refractivity contribution in [2.24, 2.45) is 0 Å². The largest absolute Gasteiger partial charge is 0.278 e. The molecule has 4 heteroatoms. The zero-order valence-corrected chi connectivity index (χ0v) is 24.3. The highest BCUT2D eigenvalue weighted by Crippen LogP contribution is 2.37. The van der Waals surface area contributed by atoms with Crippen molar-refractivity contribution in [3.8, 4) is 56.8 Å². The van der Waals surface area contributed by atoms with Crippen LogP contribution >= 0.6 is 0 Å². The average Bonchev–Trinajstić information content (AvgIpc) is 3.45. The molecule has 210 valence electrons. The smallest absolute Gasteiger partial charge is 0.235 e. The summed E-state index contributed by atoms with van der Waals surface area (Å²) >= 11 is 0. The predicted molar refractivity (Wildman–Crippen MR) is 183 cm³/mol. The van der Waals surface area contributed by atoms with E-state index in [1.807, 2.05) is 60.7 Å². The average molecular weight is 575 g/mol. The molecule has 0 atom stereocenters. The second-order valence-electron chi connectivity index (χ2n) is 11.0. The summed E-state index contributed by atoms with van der Waals surface area (Å²) in [4.78, 5) is 10.4. The van der Waals surface area contributed by atoms with E-state index in [-0.39, 0.29) is 0 Å². The Kier molecular flexibility index (Phi) is 6.48. The maximum absolute atomic E-state index is 9.39. The highest BCUT2D eigenvalue weighted by molar-refractivity contribution is 6.11. The number of hydrogen-bond donors (Lipinski definition) is 0. The lowest BCUT2D eigenvalue weighted by Crippen LogP contribution is -2.04. The summed E-state index contributed by atoms with van der Waals surface area (Å²) < 4.78 is 2.20. The summed E-state index contributed by atoms with van der Waals surface area (Å²) in [7, 11) is 0. The van der Waals surface area contributed by atoms with Crippen LogP contribution in [0.2, 0.25) is 0 Å². The van der Waals surface area contributed by atoms with E-state index in [2.05, 4.69) is 108 Å². The van der Waals surface area contributed by atoms with Gasteiger partial charge in [-0.2, -0.15) is 5.26 Å². The molecule has 0 saturated carbocycles. The predicted octanol–water partition coefficient (Wildman–Crippen LogP) is 10.1. The number of hydrogen-bond acceptors (Lipinski definition) is 3. The van der Waals surface area contributed by atoms with Gasteiger partial charge in [-0.25, -0.2) is 9.97 Å². The number of fused-ring (bicyclic) bond motifs is 3. The first-order valence-corrected chi connectivity index (χ1v) is 14.9. The van der Waals surface area contributed by atoms with Crippen LogP contribution in [0.25, 0.3) is 72.5 Å². The Morgan fingerprint density at radius 3 is 1.31 bits per heavy atom. The van der Waals surface area contributed by atoms with Gasteiger partial charge >= 0.3 is 0 Å². The summed E-state index contributed by atoms with van der Waals surface area (Å²) in [5.41, 5.74) is 10.8. The van der Waals surface area contributed by atoms with E-state index in [1.54, 1.807) is 0 Å². The molecule has 8 rings (SSSR count). The third kappa shape index (κ3) is 4.83. The van der Waals surface area contributed by atoms with Crippen molar-refractivity contribution in [2.45, 2.75) is 0 Å². The maximum Gasteiger partial charge on any atom is 0.235 e. The van der Waals surface area contributed by atoms with Gasteiger partial charge in [0.15, 0.2) is 0 Å². The van der Waals surface area contributed by atoms with Gasteiger partial charge in [0.05, 0.1) is 34.1 Å². The number of nitriles is 1. The normalized spacial score (nSPS) is 11.1. The van der Waals surface area contributed by atoms with Crippen LogP contribution in [0.15, 0.2) is 158 Å². The second-order valence-corrected chi connectivity index (χ2v) is 11.0. The molecule has 0 unspecified atom stereocenters. The highest BCUT2D eigenvalue weighted by atomic mass is 15.2. The van der Waals surface area contributed by atoms with E-state index < -0.39 is 0 Å². The molecule has 4 nitrogen and oxygen atoms in total. The number of aromatic nitrogens is 3. The lowest BCUT2D eigenvalue weighted by Gasteiger charge is -2.13. The number of nitrogens with zero attached hydrogens (tertiary/aromatic N) is 4. The van der Waals surface area contributed by atoms with E-state index >= 15 is 0 Å². The quantitative estimate of drug-likeness (QED) is 0.205. The summed E-state index contributed by atoms with van der Waals surface area (Å²) in [5, 5.41) is 11.7. The molecule has 8 aromatic rings. The SMILES string of the molecule is N#Cc1ccc(-c2cc(-c3ccccc3)nc(-n3c4cc(-c5ccccc5)ccc4c4ccc(-c5ccccc5)cc43)n2)cc1. The minimum absolute atomic E-state index is 0.589. The van der Waals surface area contributed by atoms with E-state index in [1.165, 1.54) is 0 Å². The van der Waals surface area contributed by atoms with Gasteiger partial charge in [0.25, 0.3) is 0 Å². The van der Waals surface area contributed by atoms with Crippen molar-refractivity contribution in [1.82, 2.24) is 14.5 Å². The maximum atomic E-state index is 9.39. The molecule has 0 amide bonds. The molecular weight excluding hydrogens is 548 g/mol. The molecular formula is C41H26N4. The van der Waals surface area contributed by atoms with Crippen molar-refractivity contribution in [3.05, 3.63) is 163 Å². The molecule has 0 aliphatic heterocycles. The molecule has 0 saturated heterocycles. The topological polar surface area (TPSA) is 54.5 Å². The molecule has 0 spiro atoms. The Morgan fingerprint density at radius 1 is 0.422 bits per heavy atom. The van der Waals surface area contributed by atoms with Crippen molar-refractivity contribution in [2.75, 3.05) is 0 Å². The standard InChI is InChI=1S/C41H26N4/c42-27-28-16-18-32(19-17-28)38-26-37(31-14-8-3-9-15-31)43-41(44-38)45-39-24-33(29-10-4-1-5-11-29)20-22-35(39)36-23-21-34(25-40(36)45)30-12-6-2-7-13-30/h1-26H. The Balaban J connectivity index is 1.44. The first kappa shape index (κ1) is 26.3. The fourth-order valence-electron chi connectivity index (χ4n) is 6.01. The summed E-state index contributed by atoms with van der Waals surface area (Å²) in [6.45, 7) is 0. The molecule has 0 aliphatic carbocycles. The van der Waals surface area contributed by atoms with Crippen LogP contribution in [-0.4, -0.2) is 14.5 Å². The fourth-order valence-corrected chi connectivity index (χ4v) is 6.01. The van der Waals surface area contributed by atoms with Gasteiger partial charge in [-0.1, -0.05) is 127 Å². The van der Waals surface area contributed by atoms with Gasteiger partial charge in [0.2, 0.25) is 5.95 Å². The first-order chi connectivity index (χ1) is 22.2. The molecule has 0 N–H and O–H groups in total. The Bertz CT molecular complexity index is 2250. The minimum atomic E-state index is 0.589. The molecule has 2 heterocycles. The molecule has 0 bridgehead atoms. The summed E-state index contributed by atoms with van der Waals surface area (Å²) in [5.74, 6) is 0.589. The second kappa shape index (κ2) is 11.1. The minimum Gasteiger partial charge on any atom is -0.278 e. The lowest BCUT2D eigenvalue weighted by molar-refractivity contribution is 0.996. The van der Waals surface area contributed by atoms with Crippen molar-refractivity contribution >= 4 is 21.8 Å². The zero-order chi connectivity index (χ0) is 30.2. The van der Waals surface area contributed by atoms with Gasteiger partial charge in [0, 0.05) is 21.9 Å². The molecule has 45 heavy (non-hydrogen) atoms. The summed E-state index contributed by atoms with van der Waals surface area (Å²) in [6, 6.07) is 56.2. The monoisotopic (exact) mass is 574 g/mol. The Hall–Kier alpha value is -6.31. The van der Waals surface area contributed by atoms with Crippen LogP contribution in [0.1, 0.15) is 5.56 Å². The third-order valence-corrected chi connectivity index (χ3v) is 8.28.